The van der Waals surface area contributed by atoms with Gasteiger partial charge in [0, 0.05) is 12.6 Å². The Kier molecular flexibility index (Phi) is 3.05. The largest absolute Gasteiger partial charge is 0.369 e. The molecule has 0 spiro atoms. The molecule has 1 atom stereocenters. The molecule has 1 aliphatic heterocycles. The number of nitrogens with two attached hydrogens (primary N) is 1. The van der Waals surface area contributed by atoms with Crippen molar-refractivity contribution in [3.63, 3.8) is 0 Å². The summed E-state index contributed by atoms with van der Waals surface area (Å²) in [5.74, 6) is -5.46. The van der Waals surface area contributed by atoms with Gasteiger partial charge in [0.15, 0.2) is 0 Å². The number of carbonyl (C=O) groups excluding carboxylic acids is 3. The Morgan fingerprint density at radius 1 is 1.37 bits per heavy atom. The van der Waals surface area contributed by atoms with Crippen molar-refractivity contribution in [1.29, 1.82) is 0 Å². The summed E-state index contributed by atoms with van der Waals surface area (Å²) in [5.41, 5.74) is 4.43. The highest BCUT2D eigenvalue weighted by atomic mass is 19.1. The zero-order valence-corrected chi connectivity index (χ0v) is 9.94. The molecule has 0 aromatic heterocycles. The average molecular weight is 268 g/mol. The Balaban J connectivity index is 2.47. The summed E-state index contributed by atoms with van der Waals surface area (Å²) in [5, 5.41) is 0. The SMILES string of the molecule is CC(CN1C(=O)C(=O)c2c(F)cc(F)cc21)C(N)=O. The van der Waals surface area contributed by atoms with Crippen molar-refractivity contribution in [2.45, 2.75) is 6.92 Å². The lowest BCUT2D eigenvalue weighted by molar-refractivity contribution is -0.121. The maximum atomic E-state index is 13.5. The molecule has 2 rings (SSSR count). The number of rotatable bonds is 3. The van der Waals surface area contributed by atoms with E-state index < -0.39 is 40.7 Å². The number of benzene rings is 1. The molecule has 0 saturated carbocycles. The molecule has 0 fully saturated rings. The Labute approximate surface area is 107 Å². The van der Waals surface area contributed by atoms with Crippen LogP contribution in [0.2, 0.25) is 0 Å². The van der Waals surface area contributed by atoms with Gasteiger partial charge in [-0.2, -0.15) is 0 Å². The highest BCUT2D eigenvalue weighted by Gasteiger charge is 2.39. The van der Waals surface area contributed by atoms with Crippen LogP contribution in [-0.2, 0) is 9.59 Å². The third-order valence-electron chi connectivity index (χ3n) is 2.93. The van der Waals surface area contributed by atoms with Crippen molar-refractivity contribution in [1.82, 2.24) is 0 Å². The monoisotopic (exact) mass is 268 g/mol. The minimum Gasteiger partial charge on any atom is -0.369 e. The normalized spacial score (nSPS) is 15.6. The molecule has 1 heterocycles. The highest BCUT2D eigenvalue weighted by Crippen LogP contribution is 2.32. The fourth-order valence-electron chi connectivity index (χ4n) is 1.88. The standard InChI is InChI=1S/C12H10F2N2O3/c1-5(11(15)18)4-16-8-3-6(13)2-7(14)9(8)10(17)12(16)19/h2-3,5H,4H2,1H3,(H2,15,18). The molecular formula is C12H10F2N2O3. The van der Waals surface area contributed by atoms with Crippen LogP contribution in [-0.4, -0.2) is 24.1 Å². The molecule has 1 aliphatic rings. The maximum absolute atomic E-state index is 13.5. The number of Topliss-reactive ketones (excluding diaryl/α,β-unsaturated/α-hetero) is 1. The molecule has 0 saturated heterocycles. The molecule has 1 unspecified atom stereocenters. The fourth-order valence-corrected chi connectivity index (χ4v) is 1.88. The van der Waals surface area contributed by atoms with Gasteiger partial charge >= 0.3 is 0 Å². The number of primary amides is 1. The summed E-state index contributed by atoms with van der Waals surface area (Å²) in [7, 11) is 0. The lowest BCUT2D eigenvalue weighted by atomic mass is 10.1. The van der Waals surface area contributed by atoms with Crippen LogP contribution in [0.15, 0.2) is 12.1 Å². The molecule has 2 amide bonds. The van der Waals surface area contributed by atoms with Crippen LogP contribution in [0.5, 0.6) is 0 Å². The quantitative estimate of drug-likeness (QED) is 0.816. The average Bonchev–Trinajstić information content (AvgIpc) is 2.54. The van der Waals surface area contributed by atoms with Gasteiger partial charge in [-0.25, -0.2) is 8.78 Å². The molecule has 5 nitrogen and oxygen atoms in total. The minimum absolute atomic E-state index is 0.166. The van der Waals surface area contributed by atoms with Gasteiger partial charge < -0.3 is 10.6 Å². The predicted octanol–water partition coefficient (Wildman–Crippen LogP) is 0.616. The van der Waals surface area contributed by atoms with Gasteiger partial charge in [0.05, 0.1) is 17.2 Å². The van der Waals surface area contributed by atoms with Crippen molar-refractivity contribution in [3.05, 3.63) is 29.3 Å². The van der Waals surface area contributed by atoms with E-state index in [1.54, 1.807) is 0 Å². The second-order valence-corrected chi connectivity index (χ2v) is 4.33. The van der Waals surface area contributed by atoms with Gasteiger partial charge in [-0.05, 0) is 6.07 Å². The Bertz CT molecular complexity index is 601. The van der Waals surface area contributed by atoms with E-state index in [1.807, 2.05) is 0 Å². The van der Waals surface area contributed by atoms with Gasteiger partial charge in [0.1, 0.15) is 11.6 Å². The third kappa shape index (κ3) is 2.07. The first kappa shape index (κ1) is 13.1. The summed E-state index contributed by atoms with van der Waals surface area (Å²) in [6.07, 6.45) is 0. The number of halogens is 2. The van der Waals surface area contributed by atoms with Gasteiger partial charge in [-0.15, -0.1) is 0 Å². The van der Waals surface area contributed by atoms with Crippen molar-refractivity contribution in [3.8, 4) is 0 Å². The van der Waals surface area contributed by atoms with Crippen LogP contribution in [0, 0.1) is 17.6 Å². The van der Waals surface area contributed by atoms with Crippen molar-refractivity contribution < 1.29 is 23.2 Å². The van der Waals surface area contributed by atoms with Crippen LogP contribution >= 0.6 is 0 Å². The second-order valence-electron chi connectivity index (χ2n) is 4.33. The molecule has 0 bridgehead atoms. The molecule has 19 heavy (non-hydrogen) atoms. The molecule has 0 radical (unpaired) electrons. The van der Waals surface area contributed by atoms with Crippen LogP contribution in [0.3, 0.4) is 0 Å². The van der Waals surface area contributed by atoms with Crippen LogP contribution in [0.25, 0.3) is 0 Å². The highest BCUT2D eigenvalue weighted by molar-refractivity contribution is 6.52. The zero-order chi connectivity index (χ0) is 14.3. The number of hydrogen-bond acceptors (Lipinski definition) is 3. The van der Waals surface area contributed by atoms with E-state index in [2.05, 4.69) is 0 Å². The van der Waals surface area contributed by atoms with Crippen molar-refractivity contribution in [2.24, 2.45) is 11.7 Å². The number of amides is 2. The lowest BCUT2D eigenvalue weighted by Gasteiger charge is -2.19. The first-order valence-corrected chi connectivity index (χ1v) is 5.47. The zero-order valence-electron chi connectivity index (χ0n) is 9.94. The van der Waals surface area contributed by atoms with Gasteiger partial charge in [0.25, 0.3) is 11.7 Å². The van der Waals surface area contributed by atoms with Crippen LogP contribution in [0.4, 0.5) is 14.5 Å². The Hall–Kier alpha value is -2.31. The molecule has 1 aromatic rings. The third-order valence-corrected chi connectivity index (χ3v) is 2.93. The summed E-state index contributed by atoms with van der Waals surface area (Å²) in [6.45, 7) is 1.25. The van der Waals surface area contributed by atoms with Gasteiger partial charge in [-0.1, -0.05) is 6.92 Å². The Morgan fingerprint density at radius 3 is 2.58 bits per heavy atom. The summed E-state index contributed by atoms with van der Waals surface area (Å²) < 4.78 is 26.7. The van der Waals surface area contributed by atoms with Crippen LogP contribution in [0.1, 0.15) is 17.3 Å². The lowest BCUT2D eigenvalue weighted by Crippen LogP contribution is -2.38. The fraction of sp³-hybridized carbons (Fsp3) is 0.250. The summed E-state index contributed by atoms with van der Waals surface area (Å²) in [4.78, 5) is 35.2. The molecule has 2 N–H and O–H groups in total. The van der Waals surface area contributed by atoms with Crippen molar-refractivity contribution in [2.75, 3.05) is 11.4 Å². The van der Waals surface area contributed by atoms with E-state index in [0.717, 1.165) is 11.0 Å². The van der Waals surface area contributed by atoms with E-state index in [4.69, 9.17) is 5.73 Å². The van der Waals surface area contributed by atoms with E-state index in [9.17, 15) is 23.2 Å². The van der Waals surface area contributed by atoms with E-state index >= 15 is 0 Å². The number of nitrogens with zero attached hydrogens (tertiary/aromatic N) is 1. The van der Waals surface area contributed by atoms with Crippen LogP contribution < -0.4 is 10.6 Å². The maximum Gasteiger partial charge on any atom is 0.299 e. The minimum atomic E-state index is -1.09. The molecule has 7 heteroatoms. The molecule has 100 valence electrons. The van der Waals surface area contributed by atoms with Gasteiger partial charge in [-0.3, -0.25) is 14.4 Å². The first-order valence-electron chi connectivity index (χ1n) is 5.47. The number of carbonyl (C=O) groups is 3. The van der Waals surface area contributed by atoms with Gasteiger partial charge in [0.2, 0.25) is 5.91 Å². The van der Waals surface area contributed by atoms with E-state index in [0.29, 0.717) is 6.07 Å². The van der Waals surface area contributed by atoms with Crippen molar-refractivity contribution >= 4 is 23.3 Å². The first-order chi connectivity index (χ1) is 8.82. The van der Waals surface area contributed by atoms with E-state index in [-0.39, 0.29) is 12.2 Å². The molecule has 1 aromatic carbocycles. The Morgan fingerprint density at radius 2 is 2.00 bits per heavy atom. The molecule has 0 aliphatic carbocycles. The summed E-state index contributed by atoms with van der Waals surface area (Å²) in [6, 6.07) is 1.42. The van der Waals surface area contributed by atoms with E-state index in [1.165, 1.54) is 6.92 Å². The summed E-state index contributed by atoms with van der Waals surface area (Å²) >= 11 is 0. The number of anilines is 1. The second kappa shape index (κ2) is 4.42. The smallest absolute Gasteiger partial charge is 0.299 e. The molecular weight excluding hydrogens is 258 g/mol. The predicted molar refractivity (Wildman–Crippen MR) is 61.4 cm³/mol. The topological polar surface area (TPSA) is 80.5 Å². The number of ketones is 1. The number of hydrogen-bond donors (Lipinski definition) is 1. The number of fused-ring (bicyclic) bond motifs is 1.